The summed E-state index contributed by atoms with van der Waals surface area (Å²) in [7, 11) is -3.74. The molecule has 0 aromatic heterocycles. The van der Waals surface area contributed by atoms with Crippen LogP contribution in [-0.2, 0) is 21.2 Å². The molecule has 2 rings (SSSR count). The molecule has 0 saturated carbocycles. The number of hydrogen-bond acceptors (Lipinski definition) is 3. The molecular weight excluding hydrogens is 395 g/mol. The Labute approximate surface area is 164 Å². The molecule has 140 valence electrons. The minimum absolute atomic E-state index is 0.164. The highest BCUT2D eigenvalue weighted by Gasteiger charge is 2.24. The van der Waals surface area contributed by atoms with Crippen LogP contribution in [-0.4, -0.2) is 27.1 Å². The van der Waals surface area contributed by atoms with Crippen molar-refractivity contribution in [3.05, 3.63) is 57.6 Å². The lowest BCUT2D eigenvalue weighted by molar-refractivity contribution is -0.114. The molecule has 2 aromatic carbocycles. The predicted molar refractivity (Wildman–Crippen MR) is 108 cm³/mol. The Hall–Kier alpha value is -1.76. The molecule has 0 unspecified atom stereocenters. The molecule has 0 aliphatic heterocycles. The van der Waals surface area contributed by atoms with Gasteiger partial charge in [-0.1, -0.05) is 48.3 Å². The number of anilines is 2. The standard InChI is InChI=1S/C18H20Cl2N2O3S/c1-4-13-7-5-6-12(2)18(13)21-17(23)11-22(26(3,24)25)16-10-14(19)8-9-15(16)20/h5-10H,4,11H2,1-3H3,(H,21,23). The lowest BCUT2D eigenvalue weighted by Crippen LogP contribution is -2.37. The predicted octanol–water partition coefficient (Wildman–Crippen LogP) is 4.27. The van der Waals surface area contributed by atoms with Crippen molar-refractivity contribution in [2.24, 2.45) is 0 Å². The van der Waals surface area contributed by atoms with Crippen molar-refractivity contribution < 1.29 is 13.2 Å². The third-order valence-corrected chi connectivity index (χ3v) is 5.55. The van der Waals surface area contributed by atoms with Gasteiger partial charge in [0.2, 0.25) is 15.9 Å². The van der Waals surface area contributed by atoms with Crippen molar-refractivity contribution >= 4 is 50.5 Å². The van der Waals surface area contributed by atoms with Crippen LogP contribution >= 0.6 is 23.2 Å². The number of rotatable bonds is 6. The van der Waals surface area contributed by atoms with Gasteiger partial charge in [-0.2, -0.15) is 0 Å². The molecule has 0 saturated heterocycles. The molecule has 0 heterocycles. The van der Waals surface area contributed by atoms with E-state index in [2.05, 4.69) is 5.32 Å². The maximum absolute atomic E-state index is 12.6. The van der Waals surface area contributed by atoms with Crippen LogP contribution in [0.25, 0.3) is 0 Å². The van der Waals surface area contributed by atoms with E-state index in [0.717, 1.165) is 28.1 Å². The number of aryl methyl sites for hydroxylation is 2. The van der Waals surface area contributed by atoms with Gasteiger partial charge >= 0.3 is 0 Å². The second kappa shape index (κ2) is 8.29. The SMILES string of the molecule is CCc1cccc(C)c1NC(=O)CN(c1cc(Cl)ccc1Cl)S(C)(=O)=O. The Morgan fingerprint density at radius 1 is 1.19 bits per heavy atom. The van der Waals surface area contributed by atoms with Crippen molar-refractivity contribution in [2.75, 3.05) is 22.4 Å². The van der Waals surface area contributed by atoms with Crippen LogP contribution in [0.2, 0.25) is 10.0 Å². The van der Waals surface area contributed by atoms with Crippen LogP contribution in [0.15, 0.2) is 36.4 Å². The van der Waals surface area contributed by atoms with Crippen LogP contribution < -0.4 is 9.62 Å². The van der Waals surface area contributed by atoms with E-state index < -0.39 is 22.5 Å². The number of sulfonamides is 1. The minimum Gasteiger partial charge on any atom is -0.324 e. The second-order valence-electron chi connectivity index (χ2n) is 5.88. The number of hydrogen-bond donors (Lipinski definition) is 1. The average molecular weight is 415 g/mol. The topological polar surface area (TPSA) is 66.5 Å². The number of carbonyl (C=O) groups excluding carboxylic acids is 1. The van der Waals surface area contributed by atoms with Gasteiger partial charge in [0.05, 0.1) is 17.0 Å². The summed E-state index contributed by atoms with van der Waals surface area (Å²) in [6, 6.07) is 10.2. The molecular formula is C18H20Cl2N2O3S. The summed E-state index contributed by atoms with van der Waals surface area (Å²) in [5, 5.41) is 3.33. The molecule has 0 atom stereocenters. The summed E-state index contributed by atoms with van der Waals surface area (Å²) in [6.07, 6.45) is 1.76. The number of nitrogens with zero attached hydrogens (tertiary/aromatic N) is 1. The average Bonchev–Trinajstić information content (AvgIpc) is 2.56. The summed E-state index contributed by atoms with van der Waals surface area (Å²) < 4.78 is 25.4. The van der Waals surface area contributed by atoms with Crippen LogP contribution in [0.4, 0.5) is 11.4 Å². The highest BCUT2D eigenvalue weighted by Crippen LogP contribution is 2.30. The maximum atomic E-state index is 12.6. The van der Waals surface area contributed by atoms with Crippen molar-refractivity contribution in [3.63, 3.8) is 0 Å². The minimum atomic E-state index is -3.74. The summed E-state index contributed by atoms with van der Waals surface area (Å²) in [5.41, 5.74) is 2.75. The van der Waals surface area contributed by atoms with Crippen molar-refractivity contribution in [2.45, 2.75) is 20.3 Å². The molecule has 5 nitrogen and oxygen atoms in total. The highest BCUT2D eigenvalue weighted by molar-refractivity contribution is 7.92. The lowest BCUT2D eigenvalue weighted by atomic mass is 10.1. The number of carbonyl (C=O) groups is 1. The van der Waals surface area contributed by atoms with Gasteiger partial charge in [-0.25, -0.2) is 8.42 Å². The molecule has 1 amide bonds. The first-order valence-corrected chi connectivity index (χ1v) is 10.5. The monoisotopic (exact) mass is 414 g/mol. The Morgan fingerprint density at radius 2 is 1.88 bits per heavy atom. The number of nitrogens with one attached hydrogen (secondary N) is 1. The van der Waals surface area contributed by atoms with Gasteiger partial charge in [0.15, 0.2) is 0 Å². The number of amides is 1. The highest BCUT2D eigenvalue weighted by atomic mass is 35.5. The van der Waals surface area contributed by atoms with E-state index in [-0.39, 0.29) is 10.7 Å². The van der Waals surface area contributed by atoms with Gasteiger partial charge in [0.1, 0.15) is 6.54 Å². The summed E-state index contributed by atoms with van der Waals surface area (Å²) in [5.74, 6) is -0.463. The van der Waals surface area contributed by atoms with Gasteiger partial charge in [-0.15, -0.1) is 0 Å². The number of halogens is 2. The molecule has 0 aliphatic carbocycles. The smallest absolute Gasteiger partial charge is 0.245 e. The van der Waals surface area contributed by atoms with Crippen molar-refractivity contribution in [1.82, 2.24) is 0 Å². The fourth-order valence-corrected chi connectivity index (χ4v) is 3.87. The fraction of sp³-hybridized carbons (Fsp3) is 0.278. The van der Waals surface area contributed by atoms with E-state index in [1.807, 2.05) is 32.0 Å². The van der Waals surface area contributed by atoms with E-state index in [1.54, 1.807) is 6.07 Å². The molecule has 0 radical (unpaired) electrons. The lowest BCUT2D eigenvalue weighted by Gasteiger charge is -2.23. The van der Waals surface area contributed by atoms with Gasteiger partial charge in [-0.3, -0.25) is 9.10 Å². The van der Waals surface area contributed by atoms with Gasteiger partial charge < -0.3 is 5.32 Å². The zero-order valence-corrected chi connectivity index (χ0v) is 17.0. The Balaban J connectivity index is 2.33. The fourth-order valence-electron chi connectivity index (χ4n) is 2.57. The molecule has 1 N–H and O–H groups in total. The van der Waals surface area contributed by atoms with Crippen LogP contribution in [0.5, 0.6) is 0 Å². The van der Waals surface area contributed by atoms with Crippen LogP contribution in [0, 0.1) is 6.92 Å². The summed E-state index contributed by atoms with van der Waals surface area (Å²) >= 11 is 12.1. The summed E-state index contributed by atoms with van der Waals surface area (Å²) in [4.78, 5) is 12.6. The molecule has 8 heteroatoms. The maximum Gasteiger partial charge on any atom is 0.245 e. The van der Waals surface area contributed by atoms with Gasteiger partial charge in [0.25, 0.3) is 0 Å². The molecule has 0 aliphatic rings. The zero-order chi connectivity index (χ0) is 19.5. The first kappa shape index (κ1) is 20.6. The van der Waals surface area contributed by atoms with Crippen LogP contribution in [0.3, 0.4) is 0 Å². The van der Waals surface area contributed by atoms with E-state index in [9.17, 15) is 13.2 Å². The molecule has 0 spiro atoms. The zero-order valence-electron chi connectivity index (χ0n) is 14.7. The molecule has 0 fully saturated rings. The number of para-hydroxylation sites is 1. The number of benzene rings is 2. The summed E-state index contributed by atoms with van der Waals surface area (Å²) in [6.45, 7) is 3.46. The van der Waals surface area contributed by atoms with Gasteiger partial charge in [-0.05, 0) is 42.7 Å². The normalized spacial score (nSPS) is 11.3. The first-order valence-electron chi connectivity index (χ1n) is 7.94. The third kappa shape index (κ3) is 4.90. The first-order chi connectivity index (χ1) is 12.1. The largest absolute Gasteiger partial charge is 0.324 e. The van der Waals surface area contributed by atoms with Crippen LogP contribution in [0.1, 0.15) is 18.1 Å². The van der Waals surface area contributed by atoms with E-state index in [4.69, 9.17) is 23.2 Å². The molecule has 2 aromatic rings. The van der Waals surface area contributed by atoms with Crippen molar-refractivity contribution in [1.29, 1.82) is 0 Å². The van der Waals surface area contributed by atoms with Gasteiger partial charge in [0, 0.05) is 10.7 Å². The second-order valence-corrected chi connectivity index (χ2v) is 8.63. The third-order valence-electron chi connectivity index (χ3n) is 3.87. The Morgan fingerprint density at radius 3 is 2.50 bits per heavy atom. The molecule has 26 heavy (non-hydrogen) atoms. The van der Waals surface area contributed by atoms with Crippen molar-refractivity contribution in [3.8, 4) is 0 Å². The Kier molecular flexibility index (Phi) is 6.55. The van der Waals surface area contributed by atoms with E-state index in [1.165, 1.54) is 12.1 Å². The Bertz CT molecular complexity index is 930. The quantitative estimate of drug-likeness (QED) is 0.767. The van der Waals surface area contributed by atoms with E-state index in [0.29, 0.717) is 10.7 Å². The molecule has 0 bridgehead atoms. The van der Waals surface area contributed by atoms with E-state index >= 15 is 0 Å².